The number of anilines is 1. The van der Waals surface area contributed by atoms with Crippen molar-refractivity contribution >= 4 is 23.2 Å². The maximum atomic E-state index is 13.5. The SMILES string of the molecule is CN(CC(=O)Nc1ccc(Cl)cc1F)Cc1ccco1. The normalized spacial score (nSPS) is 10.8. The lowest BCUT2D eigenvalue weighted by Crippen LogP contribution is -2.29. The van der Waals surface area contributed by atoms with Crippen molar-refractivity contribution in [3.05, 3.63) is 53.2 Å². The molecular formula is C14H14ClFN2O2. The van der Waals surface area contributed by atoms with Crippen LogP contribution in [-0.4, -0.2) is 24.4 Å². The second-order valence-electron chi connectivity index (χ2n) is 4.42. The van der Waals surface area contributed by atoms with Gasteiger partial charge in [-0.15, -0.1) is 0 Å². The quantitative estimate of drug-likeness (QED) is 0.922. The Labute approximate surface area is 121 Å². The number of furan rings is 1. The van der Waals surface area contributed by atoms with Crippen molar-refractivity contribution in [2.75, 3.05) is 18.9 Å². The van der Waals surface area contributed by atoms with Crippen LogP contribution in [-0.2, 0) is 11.3 Å². The second-order valence-corrected chi connectivity index (χ2v) is 4.86. The van der Waals surface area contributed by atoms with Crippen LogP contribution < -0.4 is 5.32 Å². The molecule has 106 valence electrons. The summed E-state index contributed by atoms with van der Waals surface area (Å²) in [6.07, 6.45) is 1.58. The minimum atomic E-state index is -0.556. The fraction of sp³-hybridized carbons (Fsp3) is 0.214. The molecule has 1 aromatic carbocycles. The van der Waals surface area contributed by atoms with Gasteiger partial charge in [0.25, 0.3) is 0 Å². The molecule has 1 aromatic heterocycles. The van der Waals surface area contributed by atoms with E-state index in [9.17, 15) is 9.18 Å². The number of nitrogens with zero attached hydrogens (tertiary/aromatic N) is 1. The monoisotopic (exact) mass is 296 g/mol. The van der Waals surface area contributed by atoms with Crippen molar-refractivity contribution in [3.63, 3.8) is 0 Å². The maximum absolute atomic E-state index is 13.5. The van der Waals surface area contributed by atoms with E-state index < -0.39 is 5.82 Å². The van der Waals surface area contributed by atoms with E-state index in [0.717, 1.165) is 11.8 Å². The third-order valence-electron chi connectivity index (χ3n) is 2.62. The average Bonchev–Trinajstić information content (AvgIpc) is 2.85. The Bertz CT molecular complexity index is 587. The first-order chi connectivity index (χ1) is 9.54. The molecule has 1 heterocycles. The zero-order valence-corrected chi connectivity index (χ0v) is 11.7. The number of carbonyl (C=O) groups is 1. The van der Waals surface area contributed by atoms with E-state index >= 15 is 0 Å². The molecule has 6 heteroatoms. The van der Waals surface area contributed by atoms with E-state index in [-0.39, 0.29) is 23.2 Å². The van der Waals surface area contributed by atoms with Gasteiger partial charge in [-0.3, -0.25) is 9.69 Å². The van der Waals surface area contributed by atoms with Gasteiger partial charge < -0.3 is 9.73 Å². The first-order valence-electron chi connectivity index (χ1n) is 6.00. The molecule has 0 bridgehead atoms. The molecule has 1 N–H and O–H groups in total. The largest absolute Gasteiger partial charge is 0.468 e. The van der Waals surface area contributed by atoms with E-state index in [1.165, 1.54) is 12.1 Å². The highest BCUT2D eigenvalue weighted by atomic mass is 35.5. The fourth-order valence-electron chi connectivity index (χ4n) is 1.75. The van der Waals surface area contributed by atoms with Crippen LogP contribution in [0.25, 0.3) is 0 Å². The van der Waals surface area contributed by atoms with Crippen LogP contribution in [0.4, 0.5) is 10.1 Å². The minimum Gasteiger partial charge on any atom is -0.468 e. The summed E-state index contributed by atoms with van der Waals surface area (Å²) in [6.45, 7) is 0.631. The van der Waals surface area contributed by atoms with Gasteiger partial charge in [-0.1, -0.05) is 11.6 Å². The molecule has 0 atom stereocenters. The van der Waals surface area contributed by atoms with Crippen molar-refractivity contribution in [1.29, 1.82) is 0 Å². The highest BCUT2D eigenvalue weighted by molar-refractivity contribution is 6.30. The number of nitrogens with one attached hydrogen (secondary N) is 1. The Balaban J connectivity index is 1.88. The van der Waals surface area contributed by atoms with Gasteiger partial charge in [0.1, 0.15) is 11.6 Å². The number of likely N-dealkylation sites (N-methyl/N-ethyl adjacent to an activating group) is 1. The molecule has 4 nitrogen and oxygen atoms in total. The molecule has 1 amide bonds. The summed E-state index contributed by atoms with van der Waals surface area (Å²) in [7, 11) is 1.78. The van der Waals surface area contributed by atoms with E-state index in [4.69, 9.17) is 16.0 Å². The summed E-state index contributed by atoms with van der Waals surface area (Å²) >= 11 is 5.65. The molecule has 2 aromatic rings. The van der Waals surface area contributed by atoms with Gasteiger partial charge in [0.15, 0.2) is 0 Å². The van der Waals surface area contributed by atoms with Gasteiger partial charge in [0, 0.05) is 5.02 Å². The predicted molar refractivity (Wildman–Crippen MR) is 75.1 cm³/mol. The van der Waals surface area contributed by atoms with Gasteiger partial charge in [0.05, 0.1) is 25.0 Å². The van der Waals surface area contributed by atoms with Gasteiger partial charge in [0.2, 0.25) is 5.91 Å². The molecule has 0 saturated carbocycles. The number of halogens is 2. The topological polar surface area (TPSA) is 45.5 Å². The Morgan fingerprint density at radius 1 is 1.45 bits per heavy atom. The summed E-state index contributed by atoms with van der Waals surface area (Å²) in [5.74, 6) is -0.0993. The van der Waals surface area contributed by atoms with Crippen molar-refractivity contribution in [3.8, 4) is 0 Å². The molecular weight excluding hydrogens is 283 g/mol. The Hall–Kier alpha value is -1.85. The van der Waals surface area contributed by atoms with Gasteiger partial charge in [-0.25, -0.2) is 4.39 Å². The van der Waals surface area contributed by atoms with Crippen LogP contribution in [0.3, 0.4) is 0 Å². The molecule has 20 heavy (non-hydrogen) atoms. The molecule has 0 aliphatic rings. The number of hydrogen-bond donors (Lipinski definition) is 1. The lowest BCUT2D eigenvalue weighted by atomic mass is 10.3. The highest BCUT2D eigenvalue weighted by Crippen LogP contribution is 2.18. The van der Waals surface area contributed by atoms with Crippen LogP contribution >= 0.6 is 11.6 Å². The molecule has 0 spiro atoms. The fourth-order valence-corrected chi connectivity index (χ4v) is 1.91. The Kier molecular flexibility index (Phi) is 4.76. The summed E-state index contributed by atoms with van der Waals surface area (Å²) in [4.78, 5) is 13.6. The summed E-state index contributed by atoms with van der Waals surface area (Å²) in [6, 6.07) is 7.72. The van der Waals surface area contributed by atoms with Crippen LogP contribution in [0.2, 0.25) is 5.02 Å². The lowest BCUT2D eigenvalue weighted by Gasteiger charge is -2.15. The van der Waals surface area contributed by atoms with Crippen LogP contribution in [0.5, 0.6) is 0 Å². The third kappa shape index (κ3) is 4.08. The van der Waals surface area contributed by atoms with Crippen molar-refractivity contribution < 1.29 is 13.6 Å². The van der Waals surface area contributed by atoms with E-state index in [1.54, 1.807) is 24.3 Å². The third-order valence-corrected chi connectivity index (χ3v) is 2.86. The minimum absolute atomic E-state index is 0.116. The zero-order valence-electron chi connectivity index (χ0n) is 10.9. The summed E-state index contributed by atoms with van der Waals surface area (Å²) < 4.78 is 18.7. The summed E-state index contributed by atoms with van der Waals surface area (Å²) in [5.41, 5.74) is 0.116. The molecule has 0 aliphatic carbocycles. The van der Waals surface area contributed by atoms with Crippen LogP contribution in [0.1, 0.15) is 5.76 Å². The smallest absolute Gasteiger partial charge is 0.238 e. The average molecular weight is 297 g/mol. The van der Waals surface area contributed by atoms with Gasteiger partial charge >= 0.3 is 0 Å². The number of benzene rings is 1. The second kappa shape index (κ2) is 6.54. The van der Waals surface area contributed by atoms with Gasteiger partial charge in [-0.05, 0) is 37.4 Å². The molecule has 0 saturated heterocycles. The van der Waals surface area contributed by atoms with E-state index in [0.29, 0.717) is 6.54 Å². The standard InChI is InChI=1S/C14H14ClFN2O2/c1-18(8-11-3-2-6-20-11)9-14(19)17-13-5-4-10(15)7-12(13)16/h2-7H,8-9H2,1H3,(H,17,19). The first-order valence-corrected chi connectivity index (χ1v) is 6.38. The maximum Gasteiger partial charge on any atom is 0.238 e. The molecule has 0 aliphatic heterocycles. The number of amides is 1. The lowest BCUT2D eigenvalue weighted by molar-refractivity contribution is -0.117. The van der Waals surface area contributed by atoms with Crippen molar-refractivity contribution in [2.45, 2.75) is 6.54 Å². The van der Waals surface area contributed by atoms with E-state index in [1.807, 2.05) is 6.07 Å². The zero-order chi connectivity index (χ0) is 14.5. The van der Waals surface area contributed by atoms with Crippen molar-refractivity contribution in [1.82, 2.24) is 4.90 Å². The first kappa shape index (κ1) is 14.6. The number of carbonyl (C=O) groups excluding carboxylic acids is 1. The Morgan fingerprint density at radius 3 is 2.90 bits per heavy atom. The predicted octanol–water partition coefficient (Wildman–Crippen LogP) is 3.14. The van der Waals surface area contributed by atoms with Crippen molar-refractivity contribution in [2.24, 2.45) is 0 Å². The van der Waals surface area contributed by atoms with Crippen LogP contribution in [0.15, 0.2) is 41.0 Å². The highest BCUT2D eigenvalue weighted by Gasteiger charge is 2.11. The number of rotatable bonds is 5. The van der Waals surface area contributed by atoms with Gasteiger partial charge in [-0.2, -0.15) is 0 Å². The number of hydrogen-bond acceptors (Lipinski definition) is 3. The Morgan fingerprint density at radius 2 is 2.25 bits per heavy atom. The molecule has 0 unspecified atom stereocenters. The van der Waals surface area contributed by atoms with Crippen LogP contribution in [0, 0.1) is 5.82 Å². The molecule has 0 radical (unpaired) electrons. The molecule has 0 fully saturated rings. The molecule has 2 rings (SSSR count). The summed E-state index contributed by atoms with van der Waals surface area (Å²) in [5, 5.41) is 2.79. The van der Waals surface area contributed by atoms with E-state index in [2.05, 4.69) is 5.32 Å².